The molecule has 1 N–H and O–H groups in total. The molecule has 2 amide bonds. The van der Waals surface area contributed by atoms with Crippen molar-refractivity contribution in [3.63, 3.8) is 0 Å². The molecule has 1 atom stereocenters. The first-order valence-corrected chi connectivity index (χ1v) is 8.59. The van der Waals surface area contributed by atoms with E-state index in [1.807, 2.05) is 30.3 Å². The van der Waals surface area contributed by atoms with Crippen molar-refractivity contribution in [1.29, 1.82) is 0 Å². The number of anilines is 1. The maximum absolute atomic E-state index is 12.6. The number of carbonyl (C=O) groups excluding carboxylic acids is 2. The molecule has 0 bridgehead atoms. The predicted molar refractivity (Wildman–Crippen MR) is 98.0 cm³/mol. The minimum Gasteiger partial charge on any atom is -0.497 e. The fraction of sp³-hybridized carbons (Fsp3) is 0.300. The molecule has 6 heteroatoms. The van der Waals surface area contributed by atoms with Gasteiger partial charge in [-0.15, -0.1) is 0 Å². The quantitative estimate of drug-likeness (QED) is 0.893. The summed E-state index contributed by atoms with van der Waals surface area (Å²) in [4.78, 5) is 26.5. The smallest absolute Gasteiger partial charge is 0.410 e. The molecule has 2 aromatic carbocycles. The Labute approximate surface area is 152 Å². The van der Waals surface area contributed by atoms with E-state index >= 15 is 0 Å². The summed E-state index contributed by atoms with van der Waals surface area (Å²) in [5, 5.41) is 2.85. The van der Waals surface area contributed by atoms with Crippen LogP contribution in [0.5, 0.6) is 5.75 Å². The van der Waals surface area contributed by atoms with Gasteiger partial charge in [-0.3, -0.25) is 9.69 Å². The minimum absolute atomic E-state index is 0.195. The molecule has 1 unspecified atom stereocenters. The van der Waals surface area contributed by atoms with Crippen LogP contribution in [0, 0.1) is 0 Å². The van der Waals surface area contributed by atoms with E-state index in [9.17, 15) is 9.59 Å². The zero-order chi connectivity index (χ0) is 18.4. The first-order valence-electron chi connectivity index (χ1n) is 8.59. The summed E-state index contributed by atoms with van der Waals surface area (Å²) in [5.41, 5.74) is 1.55. The molecular formula is C20H22N2O4. The summed E-state index contributed by atoms with van der Waals surface area (Å²) in [5.74, 6) is 0.445. The maximum atomic E-state index is 12.6. The number of carbonyl (C=O) groups is 2. The fourth-order valence-electron chi connectivity index (χ4n) is 2.99. The molecule has 1 aliphatic heterocycles. The van der Waals surface area contributed by atoms with Crippen molar-refractivity contribution >= 4 is 17.7 Å². The molecular weight excluding hydrogens is 332 g/mol. The Bertz CT molecular complexity index is 763. The SMILES string of the molecule is COc1cccc(NC(=O)C2CCCN2C(=O)OCc2ccccc2)c1. The number of hydrogen-bond acceptors (Lipinski definition) is 4. The molecule has 0 saturated carbocycles. The molecule has 0 aromatic heterocycles. The van der Waals surface area contributed by atoms with Gasteiger partial charge in [0.2, 0.25) is 5.91 Å². The minimum atomic E-state index is -0.524. The van der Waals surface area contributed by atoms with Crippen LogP contribution in [0.1, 0.15) is 18.4 Å². The maximum Gasteiger partial charge on any atom is 0.410 e. The van der Waals surface area contributed by atoms with Gasteiger partial charge in [-0.05, 0) is 30.5 Å². The van der Waals surface area contributed by atoms with Gasteiger partial charge in [-0.2, -0.15) is 0 Å². The van der Waals surface area contributed by atoms with Crippen LogP contribution in [-0.4, -0.2) is 36.6 Å². The zero-order valence-electron chi connectivity index (χ0n) is 14.7. The van der Waals surface area contributed by atoms with E-state index < -0.39 is 12.1 Å². The number of benzene rings is 2. The van der Waals surface area contributed by atoms with Gasteiger partial charge in [0.15, 0.2) is 0 Å². The van der Waals surface area contributed by atoms with Crippen molar-refractivity contribution in [2.75, 3.05) is 19.0 Å². The van der Waals surface area contributed by atoms with Crippen molar-refractivity contribution in [1.82, 2.24) is 4.90 Å². The van der Waals surface area contributed by atoms with E-state index in [-0.39, 0.29) is 12.5 Å². The highest BCUT2D eigenvalue weighted by Crippen LogP contribution is 2.22. The number of nitrogens with one attached hydrogen (secondary N) is 1. The Balaban J connectivity index is 1.59. The van der Waals surface area contributed by atoms with Gasteiger partial charge in [0.05, 0.1) is 7.11 Å². The third kappa shape index (κ3) is 4.33. The molecule has 1 saturated heterocycles. The van der Waals surface area contributed by atoms with Crippen LogP contribution in [-0.2, 0) is 16.1 Å². The molecule has 0 radical (unpaired) electrons. The Hall–Kier alpha value is -3.02. The highest BCUT2D eigenvalue weighted by Gasteiger charge is 2.35. The lowest BCUT2D eigenvalue weighted by Crippen LogP contribution is -2.43. The molecule has 26 heavy (non-hydrogen) atoms. The Kier molecular flexibility index (Phi) is 5.73. The highest BCUT2D eigenvalue weighted by molar-refractivity contribution is 5.97. The van der Waals surface area contributed by atoms with Crippen LogP contribution >= 0.6 is 0 Å². The van der Waals surface area contributed by atoms with E-state index in [1.165, 1.54) is 4.90 Å². The third-order valence-corrected chi connectivity index (χ3v) is 4.33. The zero-order valence-corrected chi connectivity index (χ0v) is 14.7. The molecule has 1 heterocycles. The first kappa shape index (κ1) is 17.8. The number of amides is 2. The van der Waals surface area contributed by atoms with Crippen LogP contribution in [0.3, 0.4) is 0 Å². The number of ether oxygens (including phenoxy) is 2. The van der Waals surface area contributed by atoms with Crippen LogP contribution in [0.4, 0.5) is 10.5 Å². The van der Waals surface area contributed by atoms with Crippen LogP contribution < -0.4 is 10.1 Å². The summed E-state index contributed by atoms with van der Waals surface area (Å²) in [6, 6.07) is 16.1. The lowest BCUT2D eigenvalue weighted by molar-refractivity contribution is -0.120. The summed E-state index contributed by atoms with van der Waals surface area (Å²) < 4.78 is 10.5. The second-order valence-corrected chi connectivity index (χ2v) is 6.11. The molecule has 1 fully saturated rings. The standard InChI is InChI=1S/C20H22N2O4/c1-25-17-10-5-9-16(13-17)21-19(23)18-11-6-12-22(18)20(24)26-14-15-7-3-2-4-8-15/h2-5,7-10,13,18H,6,11-12,14H2,1H3,(H,21,23). The topological polar surface area (TPSA) is 67.9 Å². The largest absolute Gasteiger partial charge is 0.497 e. The van der Waals surface area contributed by atoms with Gasteiger partial charge in [-0.25, -0.2) is 4.79 Å². The third-order valence-electron chi connectivity index (χ3n) is 4.33. The van der Waals surface area contributed by atoms with E-state index in [2.05, 4.69) is 5.32 Å². The van der Waals surface area contributed by atoms with Crippen LogP contribution in [0.15, 0.2) is 54.6 Å². The van der Waals surface area contributed by atoms with E-state index in [0.717, 1.165) is 12.0 Å². The van der Waals surface area contributed by atoms with Crippen LogP contribution in [0.25, 0.3) is 0 Å². The highest BCUT2D eigenvalue weighted by atomic mass is 16.6. The molecule has 0 aliphatic carbocycles. The van der Waals surface area contributed by atoms with Gasteiger partial charge in [0.1, 0.15) is 18.4 Å². The number of rotatable bonds is 5. The summed E-state index contributed by atoms with van der Waals surface area (Å²) in [6.07, 6.45) is 0.935. The normalized spacial score (nSPS) is 16.2. The van der Waals surface area contributed by atoms with Crippen molar-refractivity contribution in [2.45, 2.75) is 25.5 Å². The number of nitrogens with zero attached hydrogens (tertiary/aromatic N) is 1. The Morgan fingerprint density at radius 3 is 2.73 bits per heavy atom. The molecule has 6 nitrogen and oxygen atoms in total. The second kappa shape index (κ2) is 8.38. The number of likely N-dealkylation sites (tertiary alicyclic amines) is 1. The summed E-state index contributed by atoms with van der Waals surface area (Å²) in [6.45, 7) is 0.713. The average Bonchev–Trinajstić information content (AvgIpc) is 3.17. The molecule has 1 aliphatic rings. The van der Waals surface area contributed by atoms with Gasteiger partial charge in [0.25, 0.3) is 0 Å². The predicted octanol–water partition coefficient (Wildman–Crippen LogP) is 3.43. The molecule has 2 aromatic rings. The second-order valence-electron chi connectivity index (χ2n) is 6.11. The van der Waals surface area contributed by atoms with Gasteiger partial charge in [0, 0.05) is 18.3 Å². The van der Waals surface area contributed by atoms with Crippen LogP contribution in [0.2, 0.25) is 0 Å². The lowest BCUT2D eigenvalue weighted by atomic mass is 10.2. The number of hydrogen-bond donors (Lipinski definition) is 1. The summed E-state index contributed by atoms with van der Waals surface area (Å²) >= 11 is 0. The fourth-order valence-corrected chi connectivity index (χ4v) is 2.99. The van der Waals surface area contributed by atoms with Gasteiger partial charge >= 0.3 is 6.09 Å². The van der Waals surface area contributed by atoms with Crippen molar-refractivity contribution < 1.29 is 19.1 Å². The van der Waals surface area contributed by atoms with Gasteiger partial charge in [-0.1, -0.05) is 36.4 Å². The molecule has 3 rings (SSSR count). The first-order chi connectivity index (χ1) is 12.7. The van der Waals surface area contributed by atoms with Crippen molar-refractivity contribution in [3.8, 4) is 5.75 Å². The lowest BCUT2D eigenvalue weighted by Gasteiger charge is -2.23. The van der Waals surface area contributed by atoms with E-state index in [0.29, 0.717) is 24.4 Å². The monoisotopic (exact) mass is 354 g/mol. The molecule has 0 spiro atoms. The Morgan fingerprint density at radius 1 is 1.15 bits per heavy atom. The molecule has 136 valence electrons. The van der Waals surface area contributed by atoms with Crippen molar-refractivity contribution in [3.05, 3.63) is 60.2 Å². The number of methoxy groups -OCH3 is 1. The summed E-state index contributed by atoms with van der Waals surface area (Å²) in [7, 11) is 1.57. The van der Waals surface area contributed by atoms with E-state index in [1.54, 1.807) is 31.4 Å². The Morgan fingerprint density at radius 2 is 1.96 bits per heavy atom. The average molecular weight is 354 g/mol. The van der Waals surface area contributed by atoms with Gasteiger partial charge < -0.3 is 14.8 Å². The van der Waals surface area contributed by atoms with E-state index in [4.69, 9.17) is 9.47 Å². The van der Waals surface area contributed by atoms with Crippen molar-refractivity contribution in [2.24, 2.45) is 0 Å².